The molecule has 29 heavy (non-hydrogen) atoms. The zero-order chi connectivity index (χ0) is 20.1. The van der Waals surface area contributed by atoms with Crippen LogP contribution in [0.3, 0.4) is 0 Å². The summed E-state index contributed by atoms with van der Waals surface area (Å²) in [6.45, 7) is 6.55. The summed E-state index contributed by atoms with van der Waals surface area (Å²) >= 11 is 0. The molecule has 3 N–H and O–H groups in total. The lowest BCUT2D eigenvalue weighted by atomic mass is 10.1. The lowest BCUT2D eigenvalue weighted by Gasteiger charge is -2.09. The van der Waals surface area contributed by atoms with E-state index < -0.39 is 0 Å². The standard InChI is InChI=1S/C22H27N3O3.ClH/c1-15-16(2)25(11-13-27-3)21-9-4-17(14-20(15)21)22(26)24-18-5-7-19(8-6-18)28-12-10-23;/h4-9,14H,10-13,23H2,1-3H3,(H,24,26);1H. The molecule has 1 amide bonds. The topological polar surface area (TPSA) is 78.5 Å². The zero-order valence-electron chi connectivity index (χ0n) is 17.0. The van der Waals surface area contributed by atoms with E-state index in [4.69, 9.17) is 15.2 Å². The van der Waals surface area contributed by atoms with E-state index in [9.17, 15) is 4.79 Å². The van der Waals surface area contributed by atoms with Crippen LogP contribution in [-0.2, 0) is 11.3 Å². The molecule has 0 atom stereocenters. The van der Waals surface area contributed by atoms with Crippen LogP contribution in [0, 0.1) is 13.8 Å². The highest BCUT2D eigenvalue weighted by molar-refractivity contribution is 6.06. The summed E-state index contributed by atoms with van der Waals surface area (Å²) in [5.74, 6) is 0.590. The molecule has 0 saturated carbocycles. The van der Waals surface area contributed by atoms with Crippen molar-refractivity contribution in [3.63, 3.8) is 0 Å². The number of benzene rings is 2. The molecule has 0 aliphatic rings. The van der Waals surface area contributed by atoms with Crippen LogP contribution in [0.25, 0.3) is 10.9 Å². The SMILES string of the molecule is COCCn1c(C)c(C)c2cc(C(=O)Nc3ccc(OCCN)cc3)ccc21.Cl. The highest BCUT2D eigenvalue weighted by atomic mass is 35.5. The summed E-state index contributed by atoms with van der Waals surface area (Å²) in [6.07, 6.45) is 0. The second-order valence-electron chi connectivity index (χ2n) is 6.70. The predicted molar refractivity (Wildman–Crippen MR) is 119 cm³/mol. The molecular formula is C22H28ClN3O3. The minimum absolute atomic E-state index is 0. The quantitative estimate of drug-likeness (QED) is 0.582. The van der Waals surface area contributed by atoms with Gasteiger partial charge in [0.25, 0.3) is 5.91 Å². The number of fused-ring (bicyclic) bond motifs is 1. The summed E-state index contributed by atoms with van der Waals surface area (Å²) in [6, 6.07) is 13.1. The fourth-order valence-corrected chi connectivity index (χ4v) is 3.28. The number of ether oxygens (including phenoxy) is 2. The lowest BCUT2D eigenvalue weighted by molar-refractivity contribution is 0.102. The van der Waals surface area contributed by atoms with Crippen LogP contribution >= 0.6 is 12.4 Å². The van der Waals surface area contributed by atoms with E-state index >= 15 is 0 Å². The molecule has 7 heteroatoms. The van der Waals surface area contributed by atoms with Crippen LogP contribution in [0.2, 0.25) is 0 Å². The average molecular weight is 418 g/mol. The minimum atomic E-state index is -0.140. The number of hydrogen-bond acceptors (Lipinski definition) is 4. The van der Waals surface area contributed by atoms with E-state index in [1.807, 2.05) is 42.5 Å². The number of aryl methyl sites for hydroxylation is 1. The molecule has 0 saturated heterocycles. The van der Waals surface area contributed by atoms with Gasteiger partial charge in [-0.25, -0.2) is 0 Å². The fourth-order valence-electron chi connectivity index (χ4n) is 3.28. The Morgan fingerprint density at radius 3 is 2.48 bits per heavy atom. The van der Waals surface area contributed by atoms with Crippen molar-refractivity contribution in [2.24, 2.45) is 5.73 Å². The molecule has 0 spiro atoms. The number of nitrogens with one attached hydrogen (secondary N) is 1. The maximum Gasteiger partial charge on any atom is 0.255 e. The molecular weight excluding hydrogens is 390 g/mol. The van der Waals surface area contributed by atoms with Crippen molar-refractivity contribution in [2.75, 3.05) is 32.2 Å². The summed E-state index contributed by atoms with van der Waals surface area (Å²) in [5.41, 5.74) is 10.3. The monoisotopic (exact) mass is 417 g/mol. The van der Waals surface area contributed by atoms with Crippen molar-refractivity contribution in [1.82, 2.24) is 4.57 Å². The first kappa shape index (κ1) is 22.7. The van der Waals surface area contributed by atoms with Gasteiger partial charge in [0.05, 0.1) is 6.61 Å². The first-order valence-electron chi connectivity index (χ1n) is 9.37. The van der Waals surface area contributed by atoms with E-state index in [0.717, 1.165) is 28.9 Å². The van der Waals surface area contributed by atoms with Crippen molar-refractivity contribution >= 4 is 34.9 Å². The third kappa shape index (κ3) is 5.09. The Kier molecular flexibility index (Phi) is 8.08. The van der Waals surface area contributed by atoms with Gasteiger partial charge in [-0.1, -0.05) is 0 Å². The normalized spacial score (nSPS) is 10.6. The third-order valence-electron chi connectivity index (χ3n) is 4.92. The fraction of sp³-hybridized carbons (Fsp3) is 0.318. The van der Waals surface area contributed by atoms with Gasteiger partial charge in [-0.2, -0.15) is 0 Å². The number of amides is 1. The number of carbonyl (C=O) groups is 1. The molecule has 0 fully saturated rings. The Morgan fingerprint density at radius 2 is 1.83 bits per heavy atom. The van der Waals surface area contributed by atoms with Crippen LogP contribution in [0.4, 0.5) is 5.69 Å². The van der Waals surface area contributed by atoms with Crippen LogP contribution in [-0.4, -0.2) is 37.3 Å². The molecule has 3 aromatic rings. The molecule has 0 bridgehead atoms. The van der Waals surface area contributed by atoms with Gasteiger partial charge in [-0.05, 0) is 61.9 Å². The second kappa shape index (κ2) is 10.3. The third-order valence-corrected chi connectivity index (χ3v) is 4.92. The molecule has 156 valence electrons. The lowest BCUT2D eigenvalue weighted by Crippen LogP contribution is -2.12. The van der Waals surface area contributed by atoms with Gasteiger partial charge in [0.2, 0.25) is 0 Å². The Labute approximate surface area is 177 Å². The minimum Gasteiger partial charge on any atom is -0.492 e. The molecule has 0 radical (unpaired) electrons. The van der Waals surface area contributed by atoms with E-state index in [2.05, 4.69) is 23.7 Å². The largest absolute Gasteiger partial charge is 0.492 e. The number of hydrogen-bond donors (Lipinski definition) is 2. The van der Waals surface area contributed by atoms with Gasteiger partial charge < -0.3 is 25.1 Å². The molecule has 3 rings (SSSR count). The summed E-state index contributed by atoms with van der Waals surface area (Å²) < 4.78 is 12.9. The smallest absolute Gasteiger partial charge is 0.255 e. The zero-order valence-corrected chi connectivity index (χ0v) is 17.8. The Hall–Kier alpha value is -2.54. The summed E-state index contributed by atoms with van der Waals surface area (Å²) in [5, 5.41) is 4.03. The van der Waals surface area contributed by atoms with Crippen molar-refractivity contribution in [3.8, 4) is 5.75 Å². The van der Waals surface area contributed by atoms with E-state index in [1.165, 1.54) is 11.3 Å². The van der Waals surface area contributed by atoms with Gasteiger partial charge in [-0.3, -0.25) is 4.79 Å². The highest BCUT2D eigenvalue weighted by Crippen LogP contribution is 2.27. The van der Waals surface area contributed by atoms with E-state index in [1.54, 1.807) is 7.11 Å². The second-order valence-corrected chi connectivity index (χ2v) is 6.70. The van der Waals surface area contributed by atoms with Gasteiger partial charge in [-0.15, -0.1) is 12.4 Å². The molecule has 0 aliphatic heterocycles. The van der Waals surface area contributed by atoms with Crippen LogP contribution in [0.5, 0.6) is 5.75 Å². The van der Waals surface area contributed by atoms with Crippen molar-refractivity contribution < 1.29 is 14.3 Å². The highest BCUT2D eigenvalue weighted by Gasteiger charge is 2.14. The molecule has 1 aromatic heterocycles. The van der Waals surface area contributed by atoms with Crippen LogP contribution < -0.4 is 15.8 Å². The summed E-state index contributed by atoms with van der Waals surface area (Å²) in [4.78, 5) is 12.7. The van der Waals surface area contributed by atoms with Crippen LogP contribution in [0.1, 0.15) is 21.6 Å². The molecule has 1 heterocycles. The summed E-state index contributed by atoms with van der Waals surface area (Å²) in [7, 11) is 1.70. The van der Waals surface area contributed by atoms with Gasteiger partial charge in [0.1, 0.15) is 12.4 Å². The Bertz CT molecular complexity index is 968. The number of halogens is 1. The van der Waals surface area contributed by atoms with E-state index in [0.29, 0.717) is 25.3 Å². The van der Waals surface area contributed by atoms with Gasteiger partial charge in [0, 0.05) is 48.0 Å². The number of rotatable bonds is 8. The van der Waals surface area contributed by atoms with Crippen molar-refractivity contribution in [2.45, 2.75) is 20.4 Å². The van der Waals surface area contributed by atoms with E-state index in [-0.39, 0.29) is 18.3 Å². The number of carbonyl (C=O) groups excluding carboxylic acids is 1. The maximum atomic E-state index is 12.7. The van der Waals surface area contributed by atoms with Gasteiger partial charge in [0.15, 0.2) is 0 Å². The van der Waals surface area contributed by atoms with Crippen molar-refractivity contribution in [1.29, 1.82) is 0 Å². The van der Waals surface area contributed by atoms with Crippen molar-refractivity contribution in [3.05, 3.63) is 59.3 Å². The number of methoxy groups -OCH3 is 1. The first-order chi connectivity index (χ1) is 13.5. The average Bonchev–Trinajstić information content (AvgIpc) is 2.95. The van der Waals surface area contributed by atoms with Gasteiger partial charge >= 0.3 is 0 Å². The molecule has 0 unspecified atom stereocenters. The van der Waals surface area contributed by atoms with Crippen LogP contribution in [0.15, 0.2) is 42.5 Å². The maximum absolute atomic E-state index is 12.7. The molecule has 6 nitrogen and oxygen atoms in total. The Balaban J connectivity index is 0.00000300. The predicted octanol–water partition coefficient (Wildman–Crippen LogP) is 3.92. The first-order valence-corrected chi connectivity index (χ1v) is 9.37. The number of nitrogens with two attached hydrogens (primary N) is 1. The number of anilines is 1. The molecule has 2 aromatic carbocycles. The number of nitrogens with zero attached hydrogens (tertiary/aromatic N) is 1. The number of aromatic nitrogens is 1. The Morgan fingerprint density at radius 1 is 1.10 bits per heavy atom. The molecule has 0 aliphatic carbocycles.